The van der Waals surface area contributed by atoms with Gasteiger partial charge in [-0.2, -0.15) is 13.2 Å². The van der Waals surface area contributed by atoms with Crippen molar-refractivity contribution in [3.63, 3.8) is 0 Å². The van der Waals surface area contributed by atoms with Crippen molar-refractivity contribution in [3.8, 4) is 0 Å². The van der Waals surface area contributed by atoms with Gasteiger partial charge in [0.1, 0.15) is 6.10 Å². The van der Waals surface area contributed by atoms with E-state index in [2.05, 4.69) is 5.32 Å². The van der Waals surface area contributed by atoms with Crippen molar-refractivity contribution in [3.05, 3.63) is 0 Å². The predicted octanol–water partition coefficient (Wildman–Crippen LogP) is -0.503. The monoisotopic (exact) mass is 270 g/mol. The maximum absolute atomic E-state index is 12.6. The highest BCUT2D eigenvalue weighted by Gasteiger charge is 2.58. The van der Waals surface area contributed by atoms with Gasteiger partial charge in [-0.15, -0.1) is 0 Å². The molecule has 0 aromatic carbocycles. The number of morpholine rings is 1. The average molecular weight is 270 g/mol. The number of carbonyl (C=O) groups excluding carboxylic acids is 1. The minimum Gasteiger partial charge on any atom is -0.479 e. The molecule has 2 unspecified atom stereocenters. The van der Waals surface area contributed by atoms with Gasteiger partial charge in [0, 0.05) is 13.1 Å². The standard InChI is InChI=1S/C9H13F3N2O4/c1-8(7(16)17,9(10,11)12)14-6(15)5-4-13-2-3-18-5/h5,13H,2-4H2,1H3,(H,14,15)(H,16,17). The van der Waals surface area contributed by atoms with Crippen LogP contribution in [0.1, 0.15) is 6.92 Å². The Balaban J connectivity index is 2.78. The van der Waals surface area contributed by atoms with E-state index in [1.807, 2.05) is 0 Å². The fraction of sp³-hybridized carbons (Fsp3) is 0.778. The van der Waals surface area contributed by atoms with E-state index in [0.29, 0.717) is 13.5 Å². The van der Waals surface area contributed by atoms with Crippen LogP contribution in [-0.4, -0.2) is 54.5 Å². The summed E-state index contributed by atoms with van der Waals surface area (Å²) in [5, 5.41) is 12.9. The minimum atomic E-state index is -5.10. The van der Waals surface area contributed by atoms with Gasteiger partial charge in [-0.05, 0) is 6.92 Å². The van der Waals surface area contributed by atoms with Crippen LogP contribution >= 0.6 is 0 Å². The highest BCUT2D eigenvalue weighted by molar-refractivity contribution is 5.89. The molecule has 1 aliphatic heterocycles. The van der Waals surface area contributed by atoms with E-state index in [9.17, 15) is 22.8 Å². The Morgan fingerprint density at radius 2 is 2.06 bits per heavy atom. The zero-order valence-electron chi connectivity index (χ0n) is 9.50. The second kappa shape index (κ2) is 5.11. The van der Waals surface area contributed by atoms with E-state index in [0.717, 1.165) is 0 Å². The van der Waals surface area contributed by atoms with Crippen LogP contribution in [0.5, 0.6) is 0 Å². The molecule has 1 amide bonds. The first-order valence-corrected chi connectivity index (χ1v) is 5.13. The van der Waals surface area contributed by atoms with E-state index in [4.69, 9.17) is 9.84 Å². The minimum absolute atomic E-state index is 0.0411. The Labute approximate surface area is 100 Å². The molecule has 18 heavy (non-hydrogen) atoms. The quantitative estimate of drug-likeness (QED) is 0.643. The molecule has 9 heteroatoms. The highest BCUT2D eigenvalue weighted by Crippen LogP contribution is 2.30. The van der Waals surface area contributed by atoms with Crippen LogP contribution in [0, 0.1) is 0 Å². The Morgan fingerprint density at radius 3 is 2.44 bits per heavy atom. The zero-order valence-corrected chi connectivity index (χ0v) is 9.50. The summed E-state index contributed by atoms with van der Waals surface area (Å²) in [6, 6.07) is 0. The highest BCUT2D eigenvalue weighted by atomic mass is 19.4. The Bertz CT molecular complexity index is 341. The maximum atomic E-state index is 12.6. The summed E-state index contributed by atoms with van der Waals surface area (Å²) in [6.45, 7) is 1.09. The topological polar surface area (TPSA) is 87.7 Å². The summed E-state index contributed by atoms with van der Waals surface area (Å²) in [7, 11) is 0. The molecule has 0 aromatic rings. The zero-order chi connectivity index (χ0) is 14.0. The van der Waals surface area contributed by atoms with Crippen molar-refractivity contribution in [2.45, 2.75) is 24.7 Å². The molecule has 3 N–H and O–H groups in total. The van der Waals surface area contributed by atoms with Crippen molar-refractivity contribution < 1.29 is 32.6 Å². The third-order valence-electron chi connectivity index (χ3n) is 2.59. The molecule has 1 rings (SSSR count). The summed E-state index contributed by atoms with van der Waals surface area (Å²) >= 11 is 0. The lowest BCUT2D eigenvalue weighted by molar-refractivity contribution is -0.208. The summed E-state index contributed by atoms with van der Waals surface area (Å²) in [6.07, 6.45) is -6.23. The van der Waals surface area contributed by atoms with Crippen LogP contribution in [0.2, 0.25) is 0 Å². The van der Waals surface area contributed by atoms with Crippen molar-refractivity contribution >= 4 is 11.9 Å². The van der Waals surface area contributed by atoms with Crippen LogP contribution in [0.25, 0.3) is 0 Å². The molecule has 0 bridgehead atoms. The number of rotatable bonds is 3. The number of ether oxygens (including phenoxy) is 1. The molecule has 1 heterocycles. The summed E-state index contributed by atoms with van der Waals surface area (Å²) in [4.78, 5) is 22.2. The Morgan fingerprint density at radius 1 is 1.44 bits per heavy atom. The van der Waals surface area contributed by atoms with Crippen LogP contribution < -0.4 is 10.6 Å². The first-order chi connectivity index (χ1) is 8.18. The molecule has 2 atom stereocenters. The third-order valence-corrected chi connectivity index (χ3v) is 2.59. The molecule has 104 valence electrons. The number of hydrogen-bond acceptors (Lipinski definition) is 4. The van der Waals surface area contributed by atoms with Crippen LogP contribution in [0.15, 0.2) is 0 Å². The van der Waals surface area contributed by atoms with Crippen LogP contribution in [0.4, 0.5) is 13.2 Å². The number of halogens is 3. The molecule has 0 saturated carbocycles. The lowest BCUT2D eigenvalue weighted by Gasteiger charge is -2.31. The summed E-state index contributed by atoms with van der Waals surface area (Å²) in [5.74, 6) is -3.28. The lowest BCUT2D eigenvalue weighted by Crippen LogP contribution is -2.64. The van der Waals surface area contributed by atoms with Gasteiger partial charge in [-0.3, -0.25) is 4.79 Å². The number of carbonyl (C=O) groups is 2. The summed E-state index contributed by atoms with van der Waals surface area (Å²) in [5.41, 5.74) is -3.33. The van der Waals surface area contributed by atoms with E-state index in [1.54, 1.807) is 0 Å². The second-order valence-electron chi connectivity index (χ2n) is 3.98. The number of amides is 1. The Kier molecular flexibility index (Phi) is 4.17. The number of hydrogen-bond donors (Lipinski definition) is 3. The first kappa shape index (κ1) is 14.7. The van der Waals surface area contributed by atoms with Crippen molar-refractivity contribution in [2.75, 3.05) is 19.7 Å². The lowest BCUT2D eigenvalue weighted by atomic mass is 10.0. The van der Waals surface area contributed by atoms with Gasteiger partial charge in [0.15, 0.2) is 0 Å². The molecule has 0 radical (unpaired) electrons. The molecular formula is C9H13F3N2O4. The van der Waals surface area contributed by atoms with E-state index in [-0.39, 0.29) is 13.2 Å². The van der Waals surface area contributed by atoms with Gasteiger partial charge in [0.25, 0.3) is 5.91 Å². The molecule has 0 spiro atoms. The van der Waals surface area contributed by atoms with Gasteiger partial charge in [-0.1, -0.05) is 0 Å². The number of aliphatic carboxylic acids is 1. The SMILES string of the molecule is CC(NC(=O)C1CNCCO1)(C(=O)O)C(F)(F)F. The normalized spacial score (nSPS) is 24.1. The van der Waals surface area contributed by atoms with Crippen molar-refractivity contribution in [1.29, 1.82) is 0 Å². The summed E-state index contributed by atoms with van der Waals surface area (Å²) < 4.78 is 42.8. The van der Waals surface area contributed by atoms with E-state index < -0.39 is 29.7 Å². The average Bonchev–Trinajstić information content (AvgIpc) is 2.28. The number of carboxylic acid groups (broad SMARTS) is 1. The van der Waals surface area contributed by atoms with Crippen molar-refractivity contribution in [1.82, 2.24) is 10.6 Å². The molecule has 0 aliphatic carbocycles. The molecule has 1 fully saturated rings. The largest absolute Gasteiger partial charge is 0.479 e. The first-order valence-electron chi connectivity index (χ1n) is 5.13. The van der Waals surface area contributed by atoms with Crippen LogP contribution in [-0.2, 0) is 14.3 Å². The van der Waals surface area contributed by atoms with Gasteiger partial charge >= 0.3 is 12.1 Å². The molecule has 6 nitrogen and oxygen atoms in total. The molecular weight excluding hydrogens is 257 g/mol. The molecule has 1 saturated heterocycles. The fourth-order valence-electron chi connectivity index (χ4n) is 1.31. The van der Waals surface area contributed by atoms with E-state index in [1.165, 1.54) is 5.32 Å². The molecule has 1 aliphatic rings. The number of carboxylic acids is 1. The van der Waals surface area contributed by atoms with Gasteiger partial charge in [0.2, 0.25) is 5.54 Å². The fourth-order valence-corrected chi connectivity index (χ4v) is 1.31. The third kappa shape index (κ3) is 2.91. The predicted molar refractivity (Wildman–Crippen MR) is 52.8 cm³/mol. The molecule has 0 aromatic heterocycles. The van der Waals surface area contributed by atoms with Crippen LogP contribution in [0.3, 0.4) is 0 Å². The Hall–Kier alpha value is -1.35. The van der Waals surface area contributed by atoms with Gasteiger partial charge in [-0.25, -0.2) is 4.79 Å². The van der Waals surface area contributed by atoms with Crippen molar-refractivity contribution in [2.24, 2.45) is 0 Å². The van der Waals surface area contributed by atoms with Gasteiger partial charge in [0.05, 0.1) is 6.61 Å². The number of alkyl halides is 3. The van der Waals surface area contributed by atoms with Gasteiger partial charge < -0.3 is 20.5 Å². The maximum Gasteiger partial charge on any atom is 0.422 e. The number of nitrogens with one attached hydrogen (secondary N) is 2. The van der Waals surface area contributed by atoms with E-state index >= 15 is 0 Å². The second-order valence-corrected chi connectivity index (χ2v) is 3.98. The smallest absolute Gasteiger partial charge is 0.422 e.